The average molecular weight is 449 g/mol. The second-order valence-corrected chi connectivity index (χ2v) is 7.51. The predicted molar refractivity (Wildman–Crippen MR) is 107 cm³/mol. The standard InChI is InChI=1S/C20H21BrN2O5/c21-18-7-6-17(23(25)26)12-19(18)27-13-16-8-10-22(11-9-16)20(24)28-14-15-4-2-1-3-5-15/h1-7,12,16H,8-11,13-14H2. The molecule has 1 fully saturated rings. The van der Waals surface area contributed by atoms with Crippen LogP contribution in [0.15, 0.2) is 53.0 Å². The highest BCUT2D eigenvalue weighted by Crippen LogP contribution is 2.30. The van der Waals surface area contributed by atoms with E-state index < -0.39 is 4.92 Å². The SMILES string of the molecule is O=C(OCc1ccccc1)N1CCC(COc2cc([N+](=O)[O-])ccc2Br)CC1. The number of rotatable bonds is 6. The van der Waals surface area contributed by atoms with Gasteiger partial charge in [-0.3, -0.25) is 10.1 Å². The van der Waals surface area contributed by atoms with Crippen LogP contribution in [-0.2, 0) is 11.3 Å². The van der Waals surface area contributed by atoms with E-state index in [0.717, 1.165) is 18.4 Å². The molecule has 0 radical (unpaired) electrons. The van der Waals surface area contributed by atoms with Crippen LogP contribution in [-0.4, -0.2) is 35.6 Å². The van der Waals surface area contributed by atoms with Crippen LogP contribution >= 0.6 is 15.9 Å². The van der Waals surface area contributed by atoms with Crippen molar-refractivity contribution >= 4 is 27.7 Å². The molecule has 28 heavy (non-hydrogen) atoms. The van der Waals surface area contributed by atoms with E-state index >= 15 is 0 Å². The highest BCUT2D eigenvalue weighted by atomic mass is 79.9. The van der Waals surface area contributed by atoms with Gasteiger partial charge in [-0.2, -0.15) is 0 Å². The lowest BCUT2D eigenvalue weighted by molar-refractivity contribution is -0.385. The Labute approximate surface area is 171 Å². The molecule has 8 heteroatoms. The molecule has 2 aromatic carbocycles. The van der Waals surface area contributed by atoms with Crippen molar-refractivity contribution in [1.82, 2.24) is 4.90 Å². The van der Waals surface area contributed by atoms with Crippen molar-refractivity contribution in [2.45, 2.75) is 19.4 Å². The van der Waals surface area contributed by atoms with E-state index in [4.69, 9.17) is 9.47 Å². The van der Waals surface area contributed by atoms with Crippen molar-refractivity contribution in [3.8, 4) is 5.75 Å². The summed E-state index contributed by atoms with van der Waals surface area (Å²) in [6.07, 6.45) is 1.30. The number of hydrogen-bond donors (Lipinski definition) is 0. The molecule has 7 nitrogen and oxygen atoms in total. The van der Waals surface area contributed by atoms with Gasteiger partial charge in [-0.1, -0.05) is 30.3 Å². The molecule has 0 bridgehead atoms. The van der Waals surface area contributed by atoms with Crippen LogP contribution in [0.1, 0.15) is 18.4 Å². The Bertz CT molecular complexity index is 823. The second-order valence-electron chi connectivity index (χ2n) is 6.65. The van der Waals surface area contributed by atoms with Gasteiger partial charge < -0.3 is 14.4 Å². The molecule has 148 valence electrons. The molecule has 3 rings (SSSR count). The normalized spacial score (nSPS) is 14.5. The zero-order valence-electron chi connectivity index (χ0n) is 15.3. The van der Waals surface area contributed by atoms with Gasteiger partial charge in [-0.25, -0.2) is 4.79 Å². The number of carbonyl (C=O) groups is 1. The molecule has 1 aliphatic heterocycles. The molecular formula is C20H21BrN2O5. The number of ether oxygens (including phenoxy) is 2. The number of hydrogen-bond acceptors (Lipinski definition) is 5. The van der Waals surface area contributed by atoms with Gasteiger partial charge in [0.05, 0.1) is 22.1 Å². The van der Waals surface area contributed by atoms with E-state index in [1.807, 2.05) is 30.3 Å². The van der Waals surface area contributed by atoms with E-state index in [2.05, 4.69) is 15.9 Å². The largest absolute Gasteiger partial charge is 0.492 e. The van der Waals surface area contributed by atoms with E-state index in [1.165, 1.54) is 12.1 Å². The third-order valence-electron chi connectivity index (χ3n) is 4.68. The summed E-state index contributed by atoms with van der Waals surface area (Å²) in [6.45, 7) is 1.94. The predicted octanol–water partition coefficient (Wildman–Crippen LogP) is 4.78. The highest BCUT2D eigenvalue weighted by molar-refractivity contribution is 9.10. The summed E-state index contributed by atoms with van der Waals surface area (Å²) in [4.78, 5) is 24.4. The molecule has 0 unspecified atom stereocenters. The smallest absolute Gasteiger partial charge is 0.410 e. The quantitative estimate of drug-likeness (QED) is 0.468. The first-order valence-electron chi connectivity index (χ1n) is 9.05. The average Bonchev–Trinajstić information content (AvgIpc) is 2.72. The summed E-state index contributed by atoms with van der Waals surface area (Å²) in [5.41, 5.74) is 0.954. The third kappa shape index (κ3) is 5.45. The van der Waals surface area contributed by atoms with Crippen molar-refractivity contribution in [2.24, 2.45) is 5.92 Å². The maximum atomic E-state index is 12.2. The van der Waals surface area contributed by atoms with Crippen molar-refractivity contribution < 1.29 is 19.2 Å². The molecule has 2 aromatic rings. The van der Waals surface area contributed by atoms with Crippen LogP contribution in [0, 0.1) is 16.0 Å². The Hall–Kier alpha value is -2.61. The molecule has 0 N–H and O–H groups in total. The van der Waals surface area contributed by atoms with Gasteiger partial charge >= 0.3 is 6.09 Å². The first kappa shape index (κ1) is 20.1. The molecule has 0 atom stereocenters. The fourth-order valence-electron chi connectivity index (χ4n) is 3.02. The number of halogens is 1. The van der Waals surface area contributed by atoms with Crippen LogP contribution in [0.25, 0.3) is 0 Å². The number of carbonyl (C=O) groups excluding carboxylic acids is 1. The number of benzene rings is 2. The summed E-state index contributed by atoms with van der Waals surface area (Å²) < 4.78 is 11.8. The van der Waals surface area contributed by atoms with E-state index in [9.17, 15) is 14.9 Å². The number of nitrogens with zero attached hydrogens (tertiary/aromatic N) is 2. The van der Waals surface area contributed by atoms with Gasteiger partial charge in [0, 0.05) is 19.2 Å². The number of nitro groups is 1. The summed E-state index contributed by atoms with van der Waals surface area (Å²) >= 11 is 3.35. The Morgan fingerprint density at radius 1 is 1.18 bits per heavy atom. The van der Waals surface area contributed by atoms with Crippen molar-refractivity contribution in [3.05, 3.63) is 68.7 Å². The van der Waals surface area contributed by atoms with E-state index in [1.54, 1.807) is 11.0 Å². The van der Waals surface area contributed by atoms with E-state index in [0.29, 0.717) is 29.9 Å². The molecular weight excluding hydrogens is 428 g/mol. The van der Waals surface area contributed by atoms with Crippen LogP contribution in [0.5, 0.6) is 5.75 Å². The molecule has 1 heterocycles. The van der Waals surface area contributed by atoms with Crippen LogP contribution in [0.4, 0.5) is 10.5 Å². The third-order valence-corrected chi connectivity index (χ3v) is 5.33. The Balaban J connectivity index is 1.43. The van der Waals surface area contributed by atoms with Crippen molar-refractivity contribution in [2.75, 3.05) is 19.7 Å². The molecule has 0 aromatic heterocycles. The number of likely N-dealkylation sites (tertiary alicyclic amines) is 1. The zero-order valence-corrected chi connectivity index (χ0v) is 16.8. The summed E-state index contributed by atoms with van der Waals surface area (Å²) in [6, 6.07) is 14.0. The minimum Gasteiger partial charge on any atom is -0.492 e. The minimum atomic E-state index is -0.446. The first-order valence-corrected chi connectivity index (χ1v) is 9.84. The highest BCUT2D eigenvalue weighted by Gasteiger charge is 2.24. The van der Waals surface area contributed by atoms with Gasteiger partial charge in [-0.05, 0) is 46.3 Å². The lowest BCUT2D eigenvalue weighted by Gasteiger charge is -2.31. The van der Waals surface area contributed by atoms with Gasteiger partial charge in [0.25, 0.3) is 5.69 Å². The number of nitro benzene ring substituents is 1. The van der Waals surface area contributed by atoms with Crippen molar-refractivity contribution in [3.63, 3.8) is 0 Å². The minimum absolute atomic E-state index is 0.00539. The van der Waals surface area contributed by atoms with Gasteiger partial charge in [-0.15, -0.1) is 0 Å². The molecule has 0 aliphatic carbocycles. The van der Waals surface area contributed by atoms with E-state index in [-0.39, 0.29) is 24.3 Å². The van der Waals surface area contributed by atoms with Crippen LogP contribution in [0.3, 0.4) is 0 Å². The fourth-order valence-corrected chi connectivity index (χ4v) is 3.38. The lowest BCUT2D eigenvalue weighted by atomic mass is 9.98. The maximum Gasteiger partial charge on any atom is 0.410 e. The molecule has 0 spiro atoms. The number of non-ortho nitro benzene ring substituents is 1. The molecule has 1 amide bonds. The van der Waals surface area contributed by atoms with Crippen molar-refractivity contribution in [1.29, 1.82) is 0 Å². The molecule has 1 saturated heterocycles. The summed E-state index contributed by atoms with van der Waals surface area (Å²) in [7, 11) is 0. The fraction of sp³-hybridized carbons (Fsp3) is 0.350. The molecule has 1 aliphatic rings. The topological polar surface area (TPSA) is 81.9 Å². The Kier molecular flexibility index (Phi) is 6.86. The Morgan fingerprint density at radius 2 is 1.89 bits per heavy atom. The Morgan fingerprint density at radius 3 is 2.57 bits per heavy atom. The zero-order chi connectivity index (χ0) is 19.9. The first-order chi connectivity index (χ1) is 13.5. The van der Waals surface area contributed by atoms with Crippen LogP contribution < -0.4 is 4.74 Å². The second kappa shape index (κ2) is 9.54. The molecule has 0 saturated carbocycles. The van der Waals surface area contributed by atoms with Gasteiger partial charge in [0.15, 0.2) is 0 Å². The monoisotopic (exact) mass is 448 g/mol. The number of amides is 1. The van der Waals surface area contributed by atoms with Gasteiger partial charge in [0.1, 0.15) is 12.4 Å². The summed E-state index contributed by atoms with van der Waals surface area (Å²) in [5.74, 6) is 0.739. The van der Waals surface area contributed by atoms with Gasteiger partial charge in [0.2, 0.25) is 0 Å². The lowest BCUT2D eigenvalue weighted by Crippen LogP contribution is -2.40. The number of piperidine rings is 1. The van der Waals surface area contributed by atoms with Crippen LogP contribution in [0.2, 0.25) is 0 Å². The summed E-state index contributed by atoms with van der Waals surface area (Å²) in [5, 5.41) is 10.9. The maximum absolute atomic E-state index is 12.2.